The first-order valence-corrected chi connectivity index (χ1v) is 23.9. The van der Waals surface area contributed by atoms with Gasteiger partial charge in [0.25, 0.3) is 0 Å². The Balaban J connectivity index is 0.990. The maximum absolute atomic E-state index is 5.41. The Morgan fingerprint density at radius 1 is 0.554 bits per heavy atom. The molecular weight excluding hydrogens is 807 g/mol. The van der Waals surface area contributed by atoms with Gasteiger partial charge in [0.05, 0.1) is 21.4 Å². The predicted molar refractivity (Wildman–Crippen MR) is 271 cm³/mol. The fourth-order valence-electron chi connectivity index (χ4n) is 11.8. The SMILES string of the molecule is CC1c2ccccc2-c2cc3c(c4c2C[C@H]1c1ccccc1-4)c1c(n3-c2ccc(-c3nc(-c4ccc(-c5ccccc5)cc4)c4sc5ccccc5c4n3)cc2)CCCc2ccccc2-1. The van der Waals surface area contributed by atoms with Crippen molar-refractivity contribution in [3.05, 3.63) is 210 Å². The molecule has 2 bridgehead atoms. The number of nitrogens with zero attached hydrogens (tertiary/aromatic N) is 3. The molecule has 0 saturated heterocycles. The van der Waals surface area contributed by atoms with Crippen LogP contribution in [0.15, 0.2) is 182 Å². The number of fused-ring (bicyclic) bond motifs is 15. The highest BCUT2D eigenvalue weighted by molar-refractivity contribution is 7.26. The monoisotopic (exact) mass is 849 g/mol. The third-order valence-corrected chi connectivity index (χ3v) is 16.0. The topological polar surface area (TPSA) is 30.7 Å². The molecule has 3 heterocycles. The summed E-state index contributed by atoms with van der Waals surface area (Å²) in [5.41, 5.74) is 24.6. The second-order valence-electron chi connectivity index (χ2n) is 18.3. The van der Waals surface area contributed by atoms with Crippen LogP contribution in [0, 0.1) is 0 Å². The number of benzene rings is 8. The molecule has 308 valence electrons. The quantitative estimate of drug-likeness (QED) is 0.177. The second kappa shape index (κ2) is 14.3. The molecule has 0 amide bonds. The van der Waals surface area contributed by atoms with Crippen molar-refractivity contribution in [2.45, 2.75) is 44.4 Å². The Bertz CT molecular complexity index is 3720. The Labute approximate surface area is 382 Å². The molecule has 8 aromatic carbocycles. The van der Waals surface area contributed by atoms with Crippen LogP contribution in [-0.2, 0) is 19.3 Å². The van der Waals surface area contributed by atoms with Gasteiger partial charge in [0.1, 0.15) is 0 Å². The zero-order chi connectivity index (χ0) is 42.8. The zero-order valence-electron chi connectivity index (χ0n) is 36.1. The van der Waals surface area contributed by atoms with Crippen LogP contribution < -0.4 is 0 Å². The van der Waals surface area contributed by atoms with Gasteiger partial charge in [0.2, 0.25) is 0 Å². The highest BCUT2D eigenvalue weighted by Gasteiger charge is 2.38. The van der Waals surface area contributed by atoms with E-state index in [9.17, 15) is 0 Å². The smallest absolute Gasteiger partial charge is 0.160 e. The molecular formula is C61H43N3S. The number of aryl methyl sites for hydroxylation is 1. The molecule has 1 unspecified atom stereocenters. The van der Waals surface area contributed by atoms with E-state index in [4.69, 9.17) is 9.97 Å². The molecule has 0 spiro atoms. The van der Waals surface area contributed by atoms with Gasteiger partial charge in [0.15, 0.2) is 5.82 Å². The van der Waals surface area contributed by atoms with Crippen LogP contribution in [0.1, 0.15) is 53.1 Å². The van der Waals surface area contributed by atoms with Gasteiger partial charge in [-0.1, -0.05) is 153 Å². The molecule has 0 saturated carbocycles. The minimum atomic E-state index is 0.405. The van der Waals surface area contributed by atoms with Crippen molar-refractivity contribution in [2.75, 3.05) is 0 Å². The molecule has 3 aliphatic rings. The summed E-state index contributed by atoms with van der Waals surface area (Å²) in [5, 5.41) is 2.57. The molecule has 11 aromatic rings. The molecule has 0 fully saturated rings. The lowest BCUT2D eigenvalue weighted by Gasteiger charge is -2.31. The molecule has 0 aliphatic heterocycles. The lowest BCUT2D eigenvalue weighted by atomic mass is 9.72. The number of aromatic nitrogens is 3. The highest BCUT2D eigenvalue weighted by Crippen LogP contribution is 2.57. The van der Waals surface area contributed by atoms with Crippen LogP contribution in [0.4, 0.5) is 0 Å². The summed E-state index contributed by atoms with van der Waals surface area (Å²) in [6, 6.07) is 67.5. The summed E-state index contributed by atoms with van der Waals surface area (Å²) in [4.78, 5) is 10.8. The average Bonchev–Trinajstić information content (AvgIpc) is 3.80. The fourth-order valence-corrected chi connectivity index (χ4v) is 13.0. The molecule has 0 radical (unpaired) electrons. The number of hydrogen-bond donors (Lipinski definition) is 0. The molecule has 2 atom stereocenters. The van der Waals surface area contributed by atoms with Crippen LogP contribution in [-0.4, -0.2) is 14.5 Å². The van der Waals surface area contributed by atoms with Crippen molar-refractivity contribution in [3.63, 3.8) is 0 Å². The normalized spacial score (nSPS) is 15.8. The number of hydrogen-bond acceptors (Lipinski definition) is 3. The minimum Gasteiger partial charge on any atom is -0.313 e. The van der Waals surface area contributed by atoms with Crippen molar-refractivity contribution < 1.29 is 0 Å². The van der Waals surface area contributed by atoms with E-state index in [-0.39, 0.29) is 0 Å². The summed E-state index contributed by atoms with van der Waals surface area (Å²) in [5.74, 6) is 1.58. The first-order chi connectivity index (χ1) is 32.2. The van der Waals surface area contributed by atoms with Gasteiger partial charge in [-0.3, -0.25) is 0 Å². The van der Waals surface area contributed by atoms with Crippen molar-refractivity contribution in [3.8, 4) is 72.8 Å². The summed E-state index contributed by atoms with van der Waals surface area (Å²) in [6.45, 7) is 2.45. The Morgan fingerprint density at radius 2 is 1.23 bits per heavy atom. The van der Waals surface area contributed by atoms with E-state index < -0.39 is 0 Å². The number of rotatable bonds is 4. The summed E-state index contributed by atoms with van der Waals surface area (Å²) < 4.78 is 4.96. The molecule has 0 N–H and O–H groups in total. The zero-order valence-corrected chi connectivity index (χ0v) is 36.9. The molecule has 3 aromatic heterocycles. The van der Waals surface area contributed by atoms with Gasteiger partial charge >= 0.3 is 0 Å². The molecule has 3 aliphatic carbocycles. The van der Waals surface area contributed by atoms with Gasteiger partial charge < -0.3 is 4.57 Å². The second-order valence-corrected chi connectivity index (χ2v) is 19.3. The van der Waals surface area contributed by atoms with Crippen LogP contribution in [0.2, 0.25) is 0 Å². The van der Waals surface area contributed by atoms with E-state index in [0.29, 0.717) is 11.8 Å². The minimum absolute atomic E-state index is 0.405. The number of thiophene rings is 1. The van der Waals surface area contributed by atoms with Crippen LogP contribution >= 0.6 is 11.3 Å². The summed E-state index contributed by atoms with van der Waals surface area (Å²) in [7, 11) is 0. The van der Waals surface area contributed by atoms with Gasteiger partial charge in [-0.25, -0.2) is 9.97 Å². The van der Waals surface area contributed by atoms with Crippen LogP contribution in [0.3, 0.4) is 0 Å². The largest absolute Gasteiger partial charge is 0.313 e. The molecule has 3 nitrogen and oxygen atoms in total. The van der Waals surface area contributed by atoms with E-state index in [2.05, 4.69) is 193 Å². The lowest BCUT2D eigenvalue weighted by Crippen LogP contribution is -2.15. The third kappa shape index (κ3) is 5.53. The summed E-state index contributed by atoms with van der Waals surface area (Å²) >= 11 is 1.78. The van der Waals surface area contributed by atoms with E-state index in [1.807, 2.05) is 0 Å². The third-order valence-electron chi connectivity index (χ3n) is 14.9. The molecule has 14 rings (SSSR count). The van der Waals surface area contributed by atoms with Crippen molar-refractivity contribution >= 4 is 42.5 Å². The van der Waals surface area contributed by atoms with E-state index >= 15 is 0 Å². The van der Waals surface area contributed by atoms with Crippen LogP contribution in [0.5, 0.6) is 0 Å². The first kappa shape index (κ1) is 37.0. The van der Waals surface area contributed by atoms with E-state index in [1.54, 1.807) is 11.3 Å². The van der Waals surface area contributed by atoms with Crippen molar-refractivity contribution in [2.24, 2.45) is 0 Å². The standard InChI is InChI=1S/C61H43N3S/c1-36-43-18-7-8-20-45(43)50-35-53-57(55-47-22-10-9-21-46(47)49(36)34-51(50)55)56-44-19-6-5-16-39(44)17-13-24-52(56)64(53)42-32-30-41(31-33-42)61-62-58(60-59(63-61)48-23-11-12-25-54(48)65-60)40-28-26-38(27-29-40)37-14-3-2-4-15-37/h2-12,14-16,18-23,25-33,35-36,49H,13,17,24,34H2,1H3/t36?,49-/m1/s1. The Kier molecular flexibility index (Phi) is 8.15. The van der Waals surface area contributed by atoms with E-state index in [0.717, 1.165) is 58.5 Å². The molecule has 65 heavy (non-hydrogen) atoms. The summed E-state index contributed by atoms with van der Waals surface area (Å²) in [6.07, 6.45) is 4.22. The fraction of sp³-hybridized carbons (Fsp3) is 0.115. The van der Waals surface area contributed by atoms with Crippen molar-refractivity contribution in [1.82, 2.24) is 14.5 Å². The predicted octanol–water partition coefficient (Wildman–Crippen LogP) is 16.0. The lowest BCUT2D eigenvalue weighted by molar-refractivity contribution is 0.575. The van der Waals surface area contributed by atoms with Crippen LogP contribution in [0.25, 0.3) is 104 Å². The Hall–Kier alpha value is -7.40. The maximum atomic E-state index is 5.41. The van der Waals surface area contributed by atoms with Gasteiger partial charge in [-0.2, -0.15) is 0 Å². The van der Waals surface area contributed by atoms with E-state index in [1.165, 1.54) is 99.1 Å². The van der Waals surface area contributed by atoms with Gasteiger partial charge in [-0.15, -0.1) is 11.3 Å². The Morgan fingerprint density at radius 3 is 2.08 bits per heavy atom. The van der Waals surface area contributed by atoms with Crippen molar-refractivity contribution in [1.29, 1.82) is 0 Å². The van der Waals surface area contributed by atoms with Gasteiger partial charge in [-0.05, 0) is 135 Å². The maximum Gasteiger partial charge on any atom is 0.160 e. The van der Waals surface area contributed by atoms with Gasteiger partial charge in [0, 0.05) is 43.5 Å². The average molecular weight is 850 g/mol. The first-order valence-electron chi connectivity index (χ1n) is 23.1. The molecule has 4 heteroatoms. The highest BCUT2D eigenvalue weighted by atomic mass is 32.1.